The van der Waals surface area contributed by atoms with Gasteiger partial charge in [-0.15, -0.1) is 0 Å². The number of rotatable bonds is 21. The summed E-state index contributed by atoms with van der Waals surface area (Å²) in [4.78, 5) is 11.7. The highest BCUT2D eigenvalue weighted by Crippen LogP contribution is 2.25. The van der Waals surface area contributed by atoms with E-state index in [1.165, 1.54) is 107 Å². The maximum Gasteiger partial charge on any atom is 0.142 e. The Labute approximate surface area is 198 Å². The van der Waals surface area contributed by atoms with E-state index in [0.717, 1.165) is 31.5 Å². The monoisotopic (exact) mass is 445 g/mol. The zero-order chi connectivity index (χ0) is 23.4. The largest absolute Gasteiger partial charge is 0.545 e. The van der Waals surface area contributed by atoms with Crippen molar-refractivity contribution in [3.8, 4) is 0 Å². The second kappa shape index (κ2) is 19.1. The molecule has 0 bridgehead atoms. The first-order valence-corrected chi connectivity index (χ1v) is 13.8. The first-order chi connectivity index (χ1) is 15.7. The van der Waals surface area contributed by atoms with E-state index in [1.54, 1.807) is 6.07 Å². The molecule has 0 spiro atoms. The van der Waals surface area contributed by atoms with E-state index in [4.69, 9.17) is 0 Å². The number of nitrogens with two attached hydrogens (primary N) is 1. The summed E-state index contributed by atoms with van der Waals surface area (Å²) in [6, 6.07) is 3.85. The molecule has 0 aliphatic rings. The highest BCUT2D eigenvalue weighted by atomic mass is 16.4. The number of carboxylic acid groups (broad SMARTS) is 1. The number of quaternary nitrogens is 1. The second-order valence-corrected chi connectivity index (χ2v) is 9.51. The third kappa shape index (κ3) is 12.0. The summed E-state index contributed by atoms with van der Waals surface area (Å²) in [5, 5.41) is 13.8. The normalized spacial score (nSPS) is 11.2. The lowest BCUT2D eigenvalue weighted by Gasteiger charge is -2.17. The number of benzene rings is 1. The number of carboxylic acids is 1. The van der Waals surface area contributed by atoms with Crippen LogP contribution in [0.1, 0.15) is 145 Å². The number of carbonyl (C=O) groups is 1. The topological polar surface area (TPSA) is 56.7 Å². The van der Waals surface area contributed by atoms with Gasteiger partial charge in [0.2, 0.25) is 0 Å². The maximum atomic E-state index is 11.7. The van der Waals surface area contributed by atoms with Crippen molar-refractivity contribution in [1.82, 2.24) is 0 Å². The molecule has 2 N–H and O–H groups in total. The maximum absolute atomic E-state index is 11.7. The van der Waals surface area contributed by atoms with Crippen molar-refractivity contribution >= 4 is 11.7 Å². The summed E-state index contributed by atoms with van der Waals surface area (Å²) in [6.07, 6.45) is 23.0. The summed E-state index contributed by atoms with van der Waals surface area (Å²) in [5.41, 5.74) is 3.96. The average Bonchev–Trinajstić information content (AvgIpc) is 2.78. The van der Waals surface area contributed by atoms with Crippen LogP contribution in [0.3, 0.4) is 0 Å². The summed E-state index contributed by atoms with van der Waals surface area (Å²) < 4.78 is 0. The molecule has 184 valence electrons. The van der Waals surface area contributed by atoms with Crippen molar-refractivity contribution in [2.75, 3.05) is 6.54 Å². The van der Waals surface area contributed by atoms with E-state index < -0.39 is 5.97 Å². The fourth-order valence-electron chi connectivity index (χ4n) is 4.74. The van der Waals surface area contributed by atoms with Crippen LogP contribution < -0.4 is 10.4 Å². The lowest BCUT2D eigenvalue weighted by Crippen LogP contribution is -2.78. The molecule has 0 fully saturated rings. The first kappa shape index (κ1) is 28.7. The Morgan fingerprint density at radius 1 is 0.688 bits per heavy atom. The zero-order valence-corrected chi connectivity index (χ0v) is 21.5. The van der Waals surface area contributed by atoms with E-state index in [-0.39, 0.29) is 0 Å². The van der Waals surface area contributed by atoms with E-state index in [2.05, 4.69) is 32.2 Å². The molecule has 3 nitrogen and oxygen atoms in total. The lowest BCUT2D eigenvalue weighted by molar-refractivity contribution is -0.568. The minimum absolute atomic E-state index is 0.376. The van der Waals surface area contributed by atoms with Crippen LogP contribution in [0.5, 0.6) is 0 Å². The zero-order valence-electron chi connectivity index (χ0n) is 21.5. The van der Waals surface area contributed by atoms with Crippen molar-refractivity contribution in [2.24, 2.45) is 0 Å². The van der Waals surface area contributed by atoms with Crippen LogP contribution in [0.25, 0.3) is 0 Å². The fourth-order valence-corrected chi connectivity index (χ4v) is 4.74. The molecule has 0 saturated carbocycles. The SMILES string of the molecule is CCCCCCCCCCc1ccc(C(=O)[O-])c([NH2+]CC)c1CCCCCCCCCC. The molecule has 1 aromatic carbocycles. The molecule has 0 heterocycles. The lowest BCUT2D eigenvalue weighted by atomic mass is 9.92. The molecule has 0 atom stereocenters. The number of carbonyl (C=O) groups excluding carboxylic acids is 1. The van der Waals surface area contributed by atoms with Crippen LogP contribution in [-0.2, 0) is 12.8 Å². The molecule has 0 radical (unpaired) electrons. The van der Waals surface area contributed by atoms with Gasteiger partial charge in [-0.05, 0) is 44.2 Å². The molecule has 1 aromatic rings. The van der Waals surface area contributed by atoms with Gasteiger partial charge in [-0.25, -0.2) is 0 Å². The average molecular weight is 446 g/mol. The van der Waals surface area contributed by atoms with Crippen molar-refractivity contribution in [2.45, 2.75) is 136 Å². The van der Waals surface area contributed by atoms with Crippen LogP contribution in [0.15, 0.2) is 12.1 Å². The summed E-state index contributed by atoms with van der Waals surface area (Å²) in [7, 11) is 0. The molecule has 0 aliphatic heterocycles. The standard InChI is InChI=1S/C29H51NO2/c1-4-7-9-11-13-15-17-19-21-25-23-24-27(29(31)32)28(30-6-3)26(25)22-20-18-16-14-12-10-8-5-2/h23-24,30H,4-22H2,1-3H3,(H,31,32). The quantitative estimate of drug-likeness (QED) is 0.170. The van der Waals surface area contributed by atoms with Crippen molar-refractivity contribution in [3.63, 3.8) is 0 Å². The molecule has 0 unspecified atom stereocenters. The van der Waals surface area contributed by atoms with Crippen LogP contribution in [-0.4, -0.2) is 12.5 Å². The molecule has 0 amide bonds. The molecule has 0 aromatic heterocycles. The Bertz CT molecular complexity index is 611. The van der Waals surface area contributed by atoms with Gasteiger partial charge >= 0.3 is 0 Å². The van der Waals surface area contributed by atoms with Gasteiger partial charge in [-0.1, -0.05) is 110 Å². The van der Waals surface area contributed by atoms with Crippen LogP contribution in [0, 0.1) is 0 Å². The number of hydrogen-bond donors (Lipinski definition) is 1. The van der Waals surface area contributed by atoms with Gasteiger partial charge in [0.1, 0.15) is 5.69 Å². The minimum Gasteiger partial charge on any atom is -0.545 e. The minimum atomic E-state index is -1.04. The summed E-state index contributed by atoms with van der Waals surface area (Å²) >= 11 is 0. The van der Waals surface area contributed by atoms with Gasteiger partial charge in [0.15, 0.2) is 0 Å². The smallest absolute Gasteiger partial charge is 0.142 e. The molecular formula is C29H51NO2. The van der Waals surface area contributed by atoms with Gasteiger partial charge in [0.05, 0.1) is 18.1 Å². The molecule has 3 heteroatoms. The van der Waals surface area contributed by atoms with Crippen LogP contribution >= 0.6 is 0 Å². The highest BCUT2D eigenvalue weighted by Gasteiger charge is 2.17. The van der Waals surface area contributed by atoms with E-state index in [0.29, 0.717) is 5.56 Å². The molecule has 32 heavy (non-hydrogen) atoms. The third-order valence-electron chi connectivity index (χ3n) is 6.66. The molecule has 0 saturated heterocycles. The Balaban J connectivity index is 2.64. The predicted molar refractivity (Wildman–Crippen MR) is 136 cm³/mol. The summed E-state index contributed by atoms with van der Waals surface area (Å²) in [6.45, 7) is 7.47. The number of unbranched alkanes of at least 4 members (excludes halogenated alkanes) is 14. The highest BCUT2D eigenvalue weighted by molar-refractivity contribution is 5.91. The summed E-state index contributed by atoms with van der Waals surface area (Å²) in [5.74, 6) is -1.04. The Hall–Kier alpha value is -1.35. The van der Waals surface area contributed by atoms with Gasteiger partial charge in [0, 0.05) is 5.56 Å². The van der Waals surface area contributed by atoms with Crippen molar-refractivity contribution < 1.29 is 15.2 Å². The number of hydrogen-bond acceptors (Lipinski definition) is 2. The van der Waals surface area contributed by atoms with Crippen molar-refractivity contribution in [3.05, 3.63) is 28.8 Å². The third-order valence-corrected chi connectivity index (χ3v) is 6.66. The van der Waals surface area contributed by atoms with Gasteiger partial charge in [-0.2, -0.15) is 0 Å². The van der Waals surface area contributed by atoms with Gasteiger partial charge in [-0.3, -0.25) is 0 Å². The Morgan fingerprint density at radius 3 is 1.62 bits per heavy atom. The fraction of sp³-hybridized carbons (Fsp3) is 0.759. The van der Waals surface area contributed by atoms with Crippen LogP contribution in [0.4, 0.5) is 5.69 Å². The number of aromatic carboxylic acids is 1. The Kier molecular flexibility index (Phi) is 17.2. The van der Waals surface area contributed by atoms with E-state index >= 15 is 0 Å². The Morgan fingerprint density at radius 2 is 1.16 bits per heavy atom. The molecular weight excluding hydrogens is 394 g/mol. The first-order valence-electron chi connectivity index (χ1n) is 13.8. The van der Waals surface area contributed by atoms with Crippen molar-refractivity contribution in [1.29, 1.82) is 0 Å². The van der Waals surface area contributed by atoms with E-state index in [1.807, 2.05) is 0 Å². The van der Waals surface area contributed by atoms with Crippen LogP contribution in [0.2, 0.25) is 0 Å². The second-order valence-electron chi connectivity index (χ2n) is 9.51. The predicted octanol–water partition coefficient (Wildman–Crippen LogP) is 6.63. The molecule has 1 rings (SSSR count). The molecule has 0 aliphatic carbocycles. The van der Waals surface area contributed by atoms with Gasteiger partial charge in [0.25, 0.3) is 0 Å². The van der Waals surface area contributed by atoms with Gasteiger partial charge < -0.3 is 15.2 Å². The van der Waals surface area contributed by atoms with E-state index in [9.17, 15) is 9.90 Å². The number of aryl methyl sites for hydroxylation is 1.